The second-order valence-corrected chi connectivity index (χ2v) is 5.85. The topological polar surface area (TPSA) is 75.9 Å². The van der Waals surface area contributed by atoms with Crippen molar-refractivity contribution in [3.8, 4) is 5.75 Å². The number of amides is 1. The Kier molecular flexibility index (Phi) is 5.94. The van der Waals surface area contributed by atoms with Crippen LogP contribution in [0.5, 0.6) is 5.75 Å². The van der Waals surface area contributed by atoms with Gasteiger partial charge in [-0.1, -0.05) is 18.2 Å². The van der Waals surface area contributed by atoms with E-state index in [1.807, 2.05) is 43.3 Å². The van der Waals surface area contributed by atoms with Crippen molar-refractivity contribution < 1.29 is 14.5 Å². The molecular weight excluding hydrogens is 322 g/mol. The molecule has 132 valence electrons. The number of likely N-dealkylation sites (N-methyl/N-ethyl adjacent to an activating group) is 1. The molecule has 2 aromatic rings. The first-order valence-electron chi connectivity index (χ1n) is 7.74. The molecule has 0 radical (unpaired) electrons. The minimum Gasteiger partial charge on any atom is -0.484 e. The third-order valence-electron chi connectivity index (χ3n) is 3.69. The highest BCUT2D eigenvalue weighted by atomic mass is 16.6. The molecule has 0 fully saturated rings. The summed E-state index contributed by atoms with van der Waals surface area (Å²) in [7, 11) is 5.63. The fourth-order valence-corrected chi connectivity index (χ4v) is 2.20. The Hall–Kier alpha value is -3.09. The molecule has 25 heavy (non-hydrogen) atoms. The van der Waals surface area contributed by atoms with Crippen LogP contribution in [0, 0.1) is 10.1 Å². The summed E-state index contributed by atoms with van der Waals surface area (Å²) in [6.45, 7) is 0.290. The maximum absolute atomic E-state index is 12.2. The van der Waals surface area contributed by atoms with Crippen molar-refractivity contribution in [2.75, 3.05) is 32.6 Å². The van der Waals surface area contributed by atoms with Gasteiger partial charge in [0.2, 0.25) is 0 Å². The maximum Gasteiger partial charge on any atom is 0.273 e. The molecule has 2 aromatic carbocycles. The lowest BCUT2D eigenvalue weighted by Crippen LogP contribution is -2.30. The molecule has 7 nitrogen and oxygen atoms in total. The largest absolute Gasteiger partial charge is 0.484 e. The summed E-state index contributed by atoms with van der Waals surface area (Å²) in [6.07, 6.45) is 0. The van der Waals surface area contributed by atoms with Crippen molar-refractivity contribution in [2.24, 2.45) is 0 Å². The van der Waals surface area contributed by atoms with Gasteiger partial charge in [-0.2, -0.15) is 0 Å². The molecule has 0 aliphatic heterocycles. The van der Waals surface area contributed by atoms with Crippen LogP contribution in [0.1, 0.15) is 5.56 Å². The lowest BCUT2D eigenvalue weighted by Gasteiger charge is -2.18. The molecule has 7 heteroatoms. The number of ether oxygens (including phenoxy) is 1. The number of nitrogens with zero attached hydrogens (tertiary/aromatic N) is 3. The SMILES string of the molecule is CN(Cc1ccc(N(C)C)cc1)C(=O)COc1cccc([N+](=O)[O-])c1. The standard InChI is InChI=1S/C18H21N3O4/c1-19(2)15-9-7-14(8-10-15)12-20(3)18(22)13-25-17-6-4-5-16(11-17)21(23)24/h4-11H,12-13H2,1-3H3. The van der Waals surface area contributed by atoms with Crippen LogP contribution in [0.2, 0.25) is 0 Å². The molecule has 0 heterocycles. The highest BCUT2D eigenvalue weighted by Gasteiger charge is 2.12. The highest BCUT2D eigenvalue weighted by molar-refractivity contribution is 5.77. The van der Waals surface area contributed by atoms with Gasteiger partial charge < -0.3 is 14.5 Å². The number of carbonyl (C=O) groups excluding carboxylic acids is 1. The number of hydrogen-bond acceptors (Lipinski definition) is 5. The summed E-state index contributed by atoms with van der Waals surface area (Å²) in [5.41, 5.74) is 2.03. The number of carbonyl (C=O) groups is 1. The Bertz CT molecular complexity index is 744. The van der Waals surface area contributed by atoms with Crippen LogP contribution in [0.4, 0.5) is 11.4 Å². The van der Waals surface area contributed by atoms with Gasteiger partial charge in [0, 0.05) is 39.4 Å². The summed E-state index contributed by atoms with van der Waals surface area (Å²) < 4.78 is 5.37. The first-order valence-corrected chi connectivity index (χ1v) is 7.74. The number of rotatable bonds is 7. The summed E-state index contributed by atoms with van der Waals surface area (Å²) in [5, 5.41) is 10.7. The molecule has 0 atom stereocenters. The van der Waals surface area contributed by atoms with Crippen molar-refractivity contribution in [1.29, 1.82) is 0 Å². The summed E-state index contributed by atoms with van der Waals surface area (Å²) >= 11 is 0. The van der Waals surface area contributed by atoms with Crippen molar-refractivity contribution in [3.63, 3.8) is 0 Å². The molecular formula is C18H21N3O4. The van der Waals surface area contributed by atoms with Gasteiger partial charge in [0.1, 0.15) is 5.75 Å². The predicted octanol–water partition coefficient (Wildman–Crippen LogP) is 2.70. The van der Waals surface area contributed by atoms with Crippen LogP contribution < -0.4 is 9.64 Å². The average molecular weight is 343 g/mol. The summed E-state index contributed by atoms with van der Waals surface area (Å²) in [6, 6.07) is 13.7. The first kappa shape index (κ1) is 18.3. The van der Waals surface area contributed by atoms with Crippen LogP contribution in [0.15, 0.2) is 48.5 Å². The third-order valence-corrected chi connectivity index (χ3v) is 3.69. The zero-order valence-electron chi connectivity index (χ0n) is 14.5. The van der Waals surface area contributed by atoms with E-state index in [2.05, 4.69) is 0 Å². The van der Waals surface area contributed by atoms with Gasteiger partial charge >= 0.3 is 0 Å². The molecule has 0 bridgehead atoms. The molecule has 0 unspecified atom stereocenters. The molecule has 0 N–H and O–H groups in total. The number of benzene rings is 2. The quantitative estimate of drug-likeness (QED) is 0.571. The van der Waals surface area contributed by atoms with E-state index < -0.39 is 4.92 Å². The van der Waals surface area contributed by atoms with E-state index in [1.54, 1.807) is 18.0 Å². The van der Waals surface area contributed by atoms with Gasteiger partial charge in [0.25, 0.3) is 11.6 Å². The van der Waals surface area contributed by atoms with E-state index in [-0.39, 0.29) is 18.2 Å². The Morgan fingerprint density at radius 3 is 2.40 bits per heavy atom. The van der Waals surface area contributed by atoms with Crippen molar-refractivity contribution in [1.82, 2.24) is 4.90 Å². The number of nitro benzene ring substituents is 1. The Balaban J connectivity index is 1.89. The first-order chi connectivity index (χ1) is 11.9. The van der Waals surface area contributed by atoms with E-state index >= 15 is 0 Å². The van der Waals surface area contributed by atoms with Crippen molar-refractivity contribution in [2.45, 2.75) is 6.54 Å². The van der Waals surface area contributed by atoms with E-state index in [1.165, 1.54) is 18.2 Å². The zero-order chi connectivity index (χ0) is 18.4. The normalized spacial score (nSPS) is 10.2. The predicted molar refractivity (Wildman–Crippen MR) is 95.8 cm³/mol. The zero-order valence-corrected chi connectivity index (χ0v) is 14.5. The average Bonchev–Trinajstić information content (AvgIpc) is 2.60. The number of non-ortho nitro benzene ring substituents is 1. The Morgan fingerprint density at radius 1 is 1.12 bits per heavy atom. The minimum atomic E-state index is -0.502. The second kappa shape index (κ2) is 8.14. The van der Waals surface area contributed by atoms with Crippen LogP contribution in [-0.2, 0) is 11.3 Å². The molecule has 0 saturated carbocycles. The fourth-order valence-electron chi connectivity index (χ4n) is 2.20. The van der Waals surface area contributed by atoms with Crippen LogP contribution in [0.25, 0.3) is 0 Å². The molecule has 2 rings (SSSR count). The fraction of sp³-hybridized carbons (Fsp3) is 0.278. The van der Waals surface area contributed by atoms with Gasteiger partial charge in [-0.25, -0.2) is 0 Å². The smallest absolute Gasteiger partial charge is 0.273 e. The molecule has 0 saturated heterocycles. The van der Waals surface area contributed by atoms with Crippen molar-refractivity contribution >= 4 is 17.3 Å². The molecule has 0 aliphatic carbocycles. The number of nitro groups is 1. The third kappa shape index (κ3) is 5.20. The monoisotopic (exact) mass is 343 g/mol. The molecule has 0 aromatic heterocycles. The van der Waals surface area contributed by atoms with Gasteiger partial charge in [0.05, 0.1) is 11.0 Å². The summed E-state index contributed by atoms with van der Waals surface area (Å²) in [5.74, 6) is 0.0921. The molecule has 0 spiro atoms. The van der Waals surface area contributed by atoms with Gasteiger partial charge in [-0.15, -0.1) is 0 Å². The minimum absolute atomic E-state index is 0.0701. The van der Waals surface area contributed by atoms with Crippen LogP contribution in [-0.4, -0.2) is 43.5 Å². The molecule has 0 aliphatic rings. The lowest BCUT2D eigenvalue weighted by molar-refractivity contribution is -0.384. The van der Waals surface area contributed by atoms with Crippen LogP contribution in [0.3, 0.4) is 0 Å². The summed E-state index contributed by atoms with van der Waals surface area (Å²) in [4.78, 5) is 26.0. The van der Waals surface area contributed by atoms with E-state index in [0.29, 0.717) is 12.3 Å². The number of anilines is 1. The lowest BCUT2D eigenvalue weighted by atomic mass is 10.2. The second-order valence-electron chi connectivity index (χ2n) is 5.85. The van der Waals surface area contributed by atoms with E-state index in [0.717, 1.165) is 11.3 Å². The van der Waals surface area contributed by atoms with Gasteiger partial charge in [-0.05, 0) is 23.8 Å². The van der Waals surface area contributed by atoms with Gasteiger partial charge in [-0.3, -0.25) is 14.9 Å². The highest BCUT2D eigenvalue weighted by Crippen LogP contribution is 2.19. The van der Waals surface area contributed by atoms with Crippen LogP contribution >= 0.6 is 0 Å². The number of hydrogen-bond donors (Lipinski definition) is 0. The Labute approximate surface area is 146 Å². The molecule has 1 amide bonds. The van der Waals surface area contributed by atoms with Crippen molar-refractivity contribution in [3.05, 3.63) is 64.2 Å². The Morgan fingerprint density at radius 2 is 1.80 bits per heavy atom. The van der Waals surface area contributed by atoms with E-state index in [4.69, 9.17) is 4.74 Å². The maximum atomic E-state index is 12.2. The van der Waals surface area contributed by atoms with Gasteiger partial charge in [0.15, 0.2) is 6.61 Å². The van der Waals surface area contributed by atoms with E-state index in [9.17, 15) is 14.9 Å².